The molecule has 1 saturated heterocycles. The maximum Gasteiger partial charge on any atom is 0.119 e. The molecule has 1 aromatic carbocycles. The van der Waals surface area contributed by atoms with Gasteiger partial charge in [0.15, 0.2) is 0 Å². The molecule has 0 saturated carbocycles. The van der Waals surface area contributed by atoms with E-state index < -0.39 is 0 Å². The van der Waals surface area contributed by atoms with Crippen LogP contribution in [0.4, 0.5) is 0 Å². The van der Waals surface area contributed by atoms with Gasteiger partial charge in [0.25, 0.3) is 0 Å². The molecule has 0 aliphatic carbocycles. The zero-order valence-electron chi connectivity index (χ0n) is 7.82. The molecule has 70 valence electrons. The van der Waals surface area contributed by atoms with Crippen LogP contribution in [0.15, 0.2) is 24.3 Å². The highest BCUT2D eigenvalue weighted by Crippen LogP contribution is 2.29. The summed E-state index contributed by atoms with van der Waals surface area (Å²) in [5.74, 6) is 0.936. The summed E-state index contributed by atoms with van der Waals surface area (Å²) >= 11 is 0. The van der Waals surface area contributed by atoms with Crippen LogP contribution in [0.5, 0.6) is 5.75 Å². The third kappa shape index (κ3) is 1.83. The van der Waals surface area contributed by atoms with Gasteiger partial charge in [0, 0.05) is 6.42 Å². The van der Waals surface area contributed by atoms with Gasteiger partial charge in [-0.3, -0.25) is 0 Å². The van der Waals surface area contributed by atoms with E-state index >= 15 is 0 Å². The molecule has 13 heavy (non-hydrogen) atoms. The lowest BCUT2D eigenvalue weighted by Crippen LogP contribution is -2.17. The molecule has 1 heterocycles. The zero-order valence-corrected chi connectivity index (χ0v) is 7.82. The van der Waals surface area contributed by atoms with Crippen molar-refractivity contribution in [1.29, 1.82) is 0 Å². The molecule has 1 unspecified atom stereocenters. The van der Waals surface area contributed by atoms with Crippen LogP contribution < -0.4 is 4.74 Å². The van der Waals surface area contributed by atoms with E-state index in [1.807, 2.05) is 19.1 Å². The number of rotatable bonds is 3. The number of hydrogen-bond acceptors (Lipinski definition) is 2. The van der Waals surface area contributed by atoms with Crippen LogP contribution in [-0.2, 0) is 4.74 Å². The normalized spacial score (nSPS) is 20.8. The highest BCUT2D eigenvalue weighted by Gasteiger charge is 2.19. The Morgan fingerprint density at radius 1 is 1.38 bits per heavy atom. The molecular formula is C11H14O2. The summed E-state index contributed by atoms with van der Waals surface area (Å²) in [6.07, 6.45) is 1.48. The fourth-order valence-corrected chi connectivity index (χ4v) is 1.44. The Hall–Kier alpha value is -1.02. The van der Waals surface area contributed by atoms with Gasteiger partial charge in [-0.2, -0.15) is 0 Å². The molecule has 2 rings (SSSR count). The van der Waals surface area contributed by atoms with Gasteiger partial charge in [0.1, 0.15) is 5.75 Å². The van der Waals surface area contributed by atoms with Gasteiger partial charge in [-0.05, 0) is 24.6 Å². The predicted octanol–water partition coefficient (Wildman–Crippen LogP) is 2.55. The lowest BCUT2D eigenvalue weighted by molar-refractivity contribution is -0.0527. The van der Waals surface area contributed by atoms with E-state index in [-0.39, 0.29) is 0 Å². The fourth-order valence-electron chi connectivity index (χ4n) is 1.44. The van der Waals surface area contributed by atoms with E-state index in [4.69, 9.17) is 9.47 Å². The van der Waals surface area contributed by atoms with Gasteiger partial charge in [-0.1, -0.05) is 12.1 Å². The molecule has 1 aliphatic heterocycles. The quantitative estimate of drug-likeness (QED) is 0.708. The zero-order chi connectivity index (χ0) is 9.10. The Bertz CT molecular complexity index is 262. The summed E-state index contributed by atoms with van der Waals surface area (Å²) in [6, 6.07) is 8.16. The van der Waals surface area contributed by atoms with Crippen molar-refractivity contribution in [3.8, 4) is 5.75 Å². The van der Waals surface area contributed by atoms with E-state index in [9.17, 15) is 0 Å². The van der Waals surface area contributed by atoms with E-state index in [2.05, 4.69) is 12.1 Å². The largest absolute Gasteiger partial charge is 0.494 e. The number of ether oxygens (including phenoxy) is 2. The molecule has 1 fully saturated rings. The first-order chi connectivity index (χ1) is 6.40. The van der Waals surface area contributed by atoms with E-state index in [0.717, 1.165) is 25.4 Å². The topological polar surface area (TPSA) is 18.5 Å². The van der Waals surface area contributed by atoms with Crippen LogP contribution in [0, 0.1) is 0 Å². The molecule has 0 aromatic heterocycles. The second-order valence-electron chi connectivity index (χ2n) is 3.15. The standard InChI is InChI=1S/C11H14O2/c1-2-12-10-5-3-9(4-6-10)11-7-8-13-11/h3-6,11H,2,7-8H2,1H3. The molecule has 0 radical (unpaired) electrons. The van der Waals surface area contributed by atoms with E-state index in [0.29, 0.717) is 6.10 Å². The highest BCUT2D eigenvalue weighted by atomic mass is 16.5. The predicted molar refractivity (Wildman–Crippen MR) is 50.9 cm³/mol. The van der Waals surface area contributed by atoms with Crippen molar-refractivity contribution in [2.45, 2.75) is 19.4 Å². The van der Waals surface area contributed by atoms with Crippen LogP contribution in [0.3, 0.4) is 0 Å². The lowest BCUT2D eigenvalue weighted by atomic mass is 10.0. The smallest absolute Gasteiger partial charge is 0.119 e. The van der Waals surface area contributed by atoms with Crippen molar-refractivity contribution in [3.63, 3.8) is 0 Å². The van der Waals surface area contributed by atoms with Crippen LogP contribution in [0.25, 0.3) is 0 Å². The van der Waals surface area contributed by atoms with Crippen molar-refractivity contribution < 1.29 is 9.47 Å². The van der Waals surface area contributed by atoms with Crippen molar-refractivity contribution in [2.24, 2.45) is 0 Å². The van der Waals surface area contributed by atoms with E-state index in [1.165, 1.54) is 5.56 Å². The molecule has 1 atom stereocenters. The molecular weight excluding hydrogens is 164 g/mol. The summed E-state index contributed by atoms with van der Waals surface area (Å²) in [5.41, 5.74) is 1.26. The summed E-state index contributed by atoms with van der Waals surface area (Å²) in [6.45, 7) is 3.61. The van der Waals surface area contributed by atoms with Crippen LogP contribution in [0.2, 0.25) is 0 Å². The summed E-state index contributed by atoms with van der Waals surface area (Å²) in [4.78, 5) is 0. The molecule has 2 nitrogen and oxygen atoms in total. The Morgan fingerprint density at radius 2 is 2.08 bits per heavy atom. The Kier molecular flexibility index (Phi) is 2.50. The minimum absolute atomic E-state index is 0.329. The van der Waals surface area contributed by atoms with Gasteiger partial charge in [0.2, 0.25) is 0 Å². The Balaban J connectivity index is 2.04. The molecule has 0 spiro atoms. The number of hydrogen-bond donors (Lipinski definition) is 0. The van der Waals surface area contributed by atoms with Gasteiger partial charge in [-0.25, -0.2) is 0 Å². The monoisotopic (exact) mass is 178 g/mol. The minimum atomic E-state index is 0.329. The average Bonchev–Trinajstić information content (AvgIpc) is 2.06. The van der Waals surface area contributed by atoms with Gasteiger partial charge in [0.05, 0.1) is 19.3 Å². The maximum atomic E-state index is 5.38. The first-order valence-electron chi connectivity index (χ1n) is 4.74. The molecule has 2 heteroatoms. The average molecular weight is 178 g/mol. The van der Waals surface area contributed by atoms with Crippen LogP contribution >= 0.6 is 0 Å². The third-order valence-corrected chi connectivity index (χ3v) is 2.26. The van der Waals surface area contributed by atoms with Gasteiger partial charge < -0.3 is 9.47 Å². The highest BCUT2D eigenvalue weighted by molar-refractivity contribution is 5.29. The van der Waals surface area contributed by atoms with Crippen molar-refractivity contribution in [3.05, 3.63) is 29.8 Å². The molecule has 1 aromatic rings. The summed E-state index contributed by atoms with van der Waals surface area (Å²) in [7, 11) is 0. The molecule has 0 bridgehead atoms. The van der Waals surface area contributed by atoms with Crippen LogP contribution in [-0.4, -0.2) is 13.2 Å². The van der Waals surface area contributed by atoms with E-state index in [1.54, 1.807) is 0 Å². The van der Waals surface area contributed by atoms with Crippen molar-refractivity contribution >= 4 is 0 Å². The lowest BCUT2D eigenvalue weighted by Gasteiger charge is -2.26. The SMILES string of the molecule is CCOc1ccc(C2CCO2)cc1. The van der Waals surface area contributed by atoms with Crippen molar-refractivity contribution in [1.82, 2.24) is 0 Å². The number of benzene rings is 1. The van der Waals surface area contributed by atoms with Crippen molar-refractivity contribution in [2.75, 3.05) is 13.2 Å². The second kappa shape index (κ2) is 3.79. The molecule has 0 N–H and O–H groups in total. The first-order valence-corrected chi connectivity index (χ1v) is 4.74. The maximum absolute atomic E-state index is 5.38. The first kappa shape index (κ1) is 8.57. The Labute approximate surface area is 78.5 Å². The summed E-state index contributed by atoms with van der Waals surface area (Å²) in [5, 5.41) is 0. The minimum Gasteiger partial charge on any atom is -0.494 e. The Morgan fingerprint density at radius 3 is 2.54 bits per heavy atom. The van der Waals surface area contributed by atoms with Crippen LogP contribution in [0.1, 0.15) is 25.0 Å². The van der Waals surface area contributed by atoms with Gasteiger partial charge >= 0.3 is 0 Å². The fraction of sp³-hybridized carbons (Fsp3) is 0.455. The third-order valence-electron chi connectivity index (χ3n) is 2.26. The second-order valence-corrected chi connectivity index (χ2v) is 3.15. The summed E-state index contributed by atoms with van der Waals surface area (Å²) < 4.78 is 10.7. The van der Waals surface area contributed by atoms with Gasteiger partial charge in [-0.15, -0.1) is 0 Å². The molecule has 1 aliphatic rings. The molecule has 0 amide bonds.